The van der Waals surface area contributed by atoms with Gasteiger partial charge in [0.25, 0.3) is 0 Å². The zero-order valence-electron chi connectivity index (χ0n) is 13.4. The number of halogens is 6. The summed E-state index contributed by atoms with van der Waals surface area (Å²) in [5.41, 5.74) is 0. The lowest BCUT2D eigenvalue weighted by Gasteiger charge is -2.11. The molecule has 144 valence electrons. The summed E-state index contributed by atoms with van der Waals surface area (Å²) >= 11 is 29.8. The van der Waals surface area contributed by atoms with Gasteiger partial charge in [0.15, 0.2) is 5.75 Å². The lowest BCUT2D eigenvalue weighted by Crippen LogP contribution is -2.00. The summed E-state index contributed by atoms with van der Waals surface area (Å²) < 4.78 is 12.0. The molecule has 0 bridgehead atoms. The van der Waals surface area contributed by atoms with Gasteiger partial charge >= 0.3 is 0 Å². The van der Waals surface area contributed by atoms with Gasteiger partial charge in [0.2, 0.25) is 0 Å². The number of nitrogens with zero attached hydrogens (tertiary/aromatic N) is 1. The fourth-order valence-corrected chi connectivity index (χ4v) is 2.52. The second kappa shape index (κ2) is 14.0. The molecule has 0 fully saturated rings. The van der Waals surface area contributed by atoms with Crippen LogP contribution < -0.4 is 9.47 Å². The molecular formula is C16H15Br2Cl4NO3. The molecule has 0 spiro atoms. The topological polar surface area (TPSA) is 40.0 Å². The monoisotopic (exact) mass is 567 g/mol. The van der Waals surface area contributed by atoms with Crippen molar-refractivity contribution in [3.8, 4) is 11.5 Å². The number of rotatable bonds is 11. The first-order valence-electron chi connectivity index (χ1n) is 7.31. The van der Waals surface area contributed by atoms with Gasteiger partial charge < -0.3 is 14.3 Å². The van der Waals surface area contributed by atoms with Gasteiger partial charge in [0.1, 0.15) is 23.5 Å². The van der Waals surface area contributed by atoms with Crippen LogP contribution in [0.15, 0.2) is 37.3 Å². The third kappa shape index (κ3) is 10.9. The van der Waals surface area contributed by atoms with E-state index in [0.29, 0.717) is 41.2 Å². The highest BCUT2D eigenvalue weighted by atomic mass is 79.9. The van der Waals surface area contributed by atoms with Gasteiger partial charge in [0, 0.05) is 18.3 Å². The van der Waals surface area contributed by atoms with Crippen molar-refractivity contribution in [3.05, 3.63) is 42.2 Å². The van der Waals surface area contributed by atoms with E-state index >= 15 is 0 Å². The fraction of sp³-hybridized carbons (Fsp3) is 0.312. The van der Waals surface area contributed by atoms with Crippen molar-refractivity contribution in [2.75, 3.05) is 19.8 Å². The van der Waals surface area contributed by atoms with Crippen LogP contribution in [0.3, 0.4) is 0 Å². The molecule has 0 aromatic heterocycles. The SMILES string of the molecule is ClC(Cl)=CCOc1cc(Cl)c(OCCC/C=N/OCC=C(Br)Br)c(Cl)c1. The molecule has 0 unspecified atom stereocenters. The van der Waals surface area contributed by atoms with Crippen molar-refractivity contribution in [2.24, 2.45) is 5.16 Å². The van der Waals surface area contributed by atoms with Crippen molar-refractivity contribution in [1.29, 1.82) is 0 Å². The van der Waals surface area contributed by atoms with E-state index in [-0.39, 0.29) is 11.1 Å². The molecule has 4 nitrogen and oxygen atoms in total. The van der Waals surface area contributed by atoms with E-state index in [1.54, 1.807) is 24.4 Å². The highest BCUT2D eigenvalue weighted by Gasteiger charge is 2.10. The van der Waals surface area contributed by atoms with E-state index in [9.17, 15) is 0 Å². The molecule has 0 saturated heterocycles. The zero-order valence-corrected chi connectivity index (χ0v) is 19.6. The van der Waals surface area contributed by atoms with Gasteiger partial charge in [-0.1, -0.05) is 51.6 Å². The van der Waals surface area contributed by atoms with E-state index in [0.717, 1.165) is 9.81 Å². The Labute approximate surface area is 189 Å². The van der Waals surface area contributed by atoms with Crippen LogP contribution in [-0.4, -0.2) is 26.0 Å². The minimum absolute atomic E-state index is 0.128. The van der Waals surface area contributed by atoms with E-state index < -0.39 is 0 Å². The Hall–Kier alpha value is -0.110. The van der Waals surface area contributed by atoms with Crippen LogP contribution in [0.5, 0.6) is 11.5 Å². The fourth-order valence-electron chi connectivity index (χ4n) is 1.56. The zero-order chi connectivity index (χ0) is 19.4. The summed E-state index contributed by atoms with van der Waals surface area (Å²) in [7, 11) is 0. The van der Waals surface area contributed by atoms with Crippen LogP contribution in [0.4, 0.5) is 0 Å². The Morgan fingerprint density at radius 3 is 2.35 bits per heavy atom. The Kier molecular flexibility index (Phi) is 12.9. The molecule has 0 aliphatic carbocycles. The van der Waals surface area contributed by atoms with E-state index in [2.05, 4.69) is 37.0 Å². The molecular weight excluding hydrogens is 556 g/mol. The van der Waals surface area contributed by atoms with Crippen molar-refractivity contribution >= 4 is 84.5 Å². The second-order valence-electron chi connectivity index (χ2n) is 4.59. The second-order valence-corrected chi connectivity index (χ2v) is 9.18. The van der Waals surface area contributed by atoms with E-state index in [4.69, 9.17) is 60.7 Å². The number of hydrogen-bond donors (Lipinski definition) is 0. The van der Waals surface area contributed by atoms with E-state index in [1.807, 2.05) is 0 Å². The molecule has 0 radical (unpaired) electrons. The van der Waals surface area contributed by atoms with Gasteiger partial charge in [-0.25, -0.2) is 0 Å². The number of hydrogen-bond acceptors (Lipinski definition) is 4. The maximum absolute atomic E-state index is 6.18. The molecule has 26 heavy (non-hydrogen) atoms. The Morgan fingerprint density at radius 1 is 1.04 bits per heavy atom. The molecule has 0 amide bonds. The molecule has 10 heteroatoms. The van der Waals surface area contributed by atoms with Crippen molar-refractivity contribution < 1.29 is 14.3 Å². The standard InChI is InChI=1S/C16H15Br2Cl4NO3/c17-14(18)3-8-26-23-5-1-2-6-25-16-12(19)9-11(10-13(16)20)24-7-4-15(21)22/h3-5,9-10H,1-2,6-8H2/b23-5+. The van der Waals surface area contributed by atoms with E-state index in [1.165, 1.54) is 6.08 Å². The van der Waals surface area contributed by atoms with Crippen LogP contribution in [0.25, 0.3) is 0 Å². The van der Waals surface area contributed by atoms with Gasteiger partial charge in [0.05, 0.1) is 20.0 Å². The van der Waals surface area contributed by atoms with Crippen LogP contribution >= 0.6 is 78.3 Å². The third-order valence-corrected chi connectivity index (χ3v) is 4.16. The molecule has 1 aromatic rings. The number of unbranched alkanes of at least 4 members (excludes halogenated alkanes) is 1. The molecule has 0 heterocycles. The Morgan fingerprint density at radius 2 is 1.73 bits per heavy atom. The molecule has 1 aromatic carbocycles. The quantitative estimate of drug-likeness (QED) is 0.157. The molecule has 0 N–H and O–H groups in total. The minimum atomic E-state index is 0.128. The summed E-state index contributed by atoms with van der Waals surface area (Å²) in [6.45, 7) is 1.02. The summed E-state index contributed by atoms with van der Waals surface area (Å²) in [4.78, 5) is 5.02. The smallest absolute Gasteiger partial charge is 0.156 e. The average molecular weight is 571 g/mol. The van der Waals surface area contributed by atoms with Gasteiger partial charge in [-0.15, -0.1) is 0 Å². The van der Waals surface area contributed by atoms with Crippen molar-refractivity contribution in [1.82, 2.24) is 0 Å². The maximum Gasteiger partial charge on any atom is 0.156 e. The lowest BCUT2D eigenvalue weighted by molar-refractivity contribution is 0.175. The number of oxime groups is 1. The largest absolute Gasteiger partial charge is 0.490 e. The van der Waals surface area contributed by atoms with Gasteiger partial charge in [-0.3, -0.25) is 0 Å². The lowest BCUT2D eigenvalue weighted by atomic mass is 10.3. The molecule has 0 atom stereocenters. The maximum atomic E-state index is 6.18. The summed E-state index contributed by atoms with van der Waals surface area (Å²) in [5.74, 6) is 0.902. The number of ether oxygens (including phenoxy) is 2. The highest BCUT2D eigenvalue weighted by Crippen LogP contribution is 2.37. The third-order valence-electron chi connectivity index (χ3n) is 2.64. The van der Waals surface area contributed by atoms with Crippen LogP contribution in [0.2, 0.25) is 10.0 Å². The predicted molar refractivity (Wildman–Crippen MR) is 117 cm³/mol. The van der Waals surface area contributed by atoms with Gasteiger partial charge in [-0.2, -0.15) is 0 Å². The van der Waals surface area contributed by atoms with Crippen LogP contribution in [0.1, 0.15) is 12.8 Å². The number of benzene rings is 1. The first-order valence-corrected chi connectivity index (χ1v) is 10.4. The average Bonchev–Trinajstić information content (AvgIpc) is 2.54. The van der Waals surface area contributed by atoms with Crippen LogP contribution in [0, 0.1) is 0 Å². The summed E-state index contributed by atoms with van der Waals surface area (Å²) in [5, 5.41) is 4.53. The predicted octanol–water partition coefficient (Wildman–Crippen LogP) is 7.48. The minimum Gasteiger partial charge on any atom is -0.490 e. The molecule has 0 saturated carbocycles. The Bertz CT molecular complexity index is 638. The Balaban J connectivity index is 2.37. The van der Waals surface area contributed by atoms with Crippen molar-refractivity contribution in [2.45, 2.75) is 12.8 Å². The van der Waals surface area contributed by atoms with Crippen molar-refractivity contribution in [3.63, 3.8) is 0 Å². The molecule has 1 rings (SSSR count). The summed E-state index contributed by atoms with van der Waals surface area (Å²) in [6, 6.07) is 3.23. The first-order chi connectivity index (χ1) is 12.4. The van der Waals surface area contributed by atoms with Gasteiger partial charge in [-0.05, 0) is 56.9 Å². The normalized spacial score (nSPS) is 10.5. The molecule has 0 aliphatic heterocycles. The summed E-state index contributed by atoms with van der Waals surface area (Å²) in [6.07, 6.45) is 6.40. The molecule has 0 aliphatic rings. The van der Waals surface area contributed by atoms with Crippen LogP contribution in [-0.2, 0) is 4.84 Å². The first kappa shape index (κ1) is 23.9. The highest BCUT2D eigenvalue weighted by molar-refractivity contribution is 9.28.